The highest BCUT2D eigenvalue weighted by Crippen LogP contribution is 2.39. The number of H-pyrrole nitrogens is 1. The standard InChI is InChI=1S/C21H20ClN3O6S/c1-28-14-6-5-12(22)10-13(14)19-23-21(25-24-19)32-17(20(26)27)9-11-7-15(29-2)18(31-4)16(8-11)30-3/h5-10H,1-4H3,(H,26,27)(H,23,24,25)/b17-9-. The van der Waals surface area contributed by atoms with E-state index in [1.807, 2.05) is 0 Å². The molecule has 3 rings (SSSR count). The van der Waals surface area contributed by atoms with E-state index in [1.165, 1.54) is 34.5 Å². The van der Waals surface area contributed by atoms with Gasteiger partial charge in [0.15, 0.2) is 17.3 Å². The van der Waals surface area contributed by atoms with Crippen LogP contribution in [0.1, 0.15) is 5.56 Å². The number of aromatic nitrogens is 3. The lowest BCUT2D eigenvalue weighted by Gasteiger charge is -2.13. The summed E-state index contributed by atoms with van der Waals surface area (Å²) in [6, 6.07) is 8.37. The summed E-state index contributed by atoms with van der Waals surface area (Å²) in [6.07, 6.45) is 1.47. The monoisotopic (exact) mass is 477 g/mol. The molecule has 0 aliphatic heterocycles. The first-order valence-electron chi connectivity index (χ1n) is 9.09. The number of methoxy groups -OCH3 is 4. The van der Waals surface area contributed by atoms with Gasteiger partial charge in [-0.3, -0.25) is 5.10 Å². The van der Waals surface area contributed by atoms with Crippen molar-refractivity contribution in [2.24, 2.45) is 0 Å². The molecular formula is C21H20ClN3O6S. The lowest BCUT2D eigenvalue weighted by atomic mass is 10.1. The number of nitrogens with zero attached hydrogens (tertiary/aromatic N) is 2. The molecule has 168 valence electrons. The lowest BCUT2D eigenvalue weighted by molar-refractivity contribution is -0.131. The van der Waals surface area contributed by atoms with Crippen molar-refractivity contribution >= 4 is 35.4 Å². The first kappa shape index (κ1) is 23.3. The molecule has 3 aromatic rings. The number of benzene rings is 2. The summed E-state index contributed by atoms with van der Waals surface area (Å²) in [5, 5.41) is 17.3. The van der Waals surface area contributed by atoms with E-state index in [1.54, 1.807) is 30.3 Å². The molecule has 11 heteroatoms. The molecule has 0 aliphatic carbocycles. The zero-order chi connectivity index (χ0) is 23.3. The van der Waals surface area contributed by atoms with E-state index in [2.05, 4.69) is 15.2 Å². The fraction of sp³-hybridized carbons (Fsp3) is 0.190. The molecule has 0 fully saturated rings. The van der Waals surface area contributed by atoms with E-state index in [0.717, 1.165) is 11.8 Å². The summed E-state index contributed by atoms with van der Waals surface area (Å²) in [6.45, 7) is 0. The molecule has 0 unspecified atom stereocenters. The van der Waals surface area contributed by atoms with E-state index in [9.17, 15) is 9.90 Å². The minimum absolute atomic E-state index is 0.0112. The summed E-state index contributed by atoms with van der Waals surface area (Å²) >= 11 is 6.96. The second-order valence-electron chi connectivity index (χ2n) is 6.19. The van der Waals surface area contributed by atoms with Gasteiger partial charge in [0, 0.05) is 5.02 Å². The van der Waals surface area contributed by atoms with Crippen LogP contribution in [-0.2, 0) is 4.79 Å². The van der Waals surface area contributed by atoms with E-state index >= 15 is 0 Å². The van der Waals surface area contributed by atoms with E-state index in [4.69, 9.17) is 30.5 Å². The number of hydrogen-bond donors (Lipinski definition) is 2. The molecule has 0 atom stereocenters. The summed E-state index contributed by atoms with van der Waals surface area (Å²) in [7, 11) is 5.99. The SMILES string of the molecule is COc1ccc(Cl)cc1-c1nc(S/C(=C\c2cc(OC)c(OC)c(OC)c2)C(=O)O)n[nH]1. The van der Waals surface area contributed by atoms with E-state index < -0.39 is 5.97 Å². The van der Waals surface area contributed by atoms with Crippen molar-refractivity contribution in [2.45, 2.75) is 5.16 Å². The van der Waals surface area contributed by atoms with Gasteiger partial charge in [0.1, 0.15) is 10.7 Å². The minimum atomic E-state index is -1.14. The summed E-state index contributed by atoms with van der Waals surface area (Å²) in [4.78, 5) is 16.2. The molecular weight excluding hydrogens is 458 g/mol. The lowest BCUT2D eigenvalue weighted by Crippen LogP contribution is -1.99. The Morgan fingerprint density at radius 3 is 2.25 bits per heavy atom. The molecule has 0 saturated carbocycles. The smallest absolute Gasteiger partial charge is 0.342 e. The quantitative estimate of drug-likeness (QED) is 0.342. The van der Waals surface area contributed by atoms with Gasteiger partial charge in [0.25, 0.3) is 0 Å². The Bertz CT molecular complexity index is 1140. The maximum absolute atomic E-state index is 11.9. The summed E-state index contributed by atoms with van der Waals surface area (Å²) in [5.74, 6) is 1.02. The normalized spacial score (nSPS) is 11.2. The highest BCUT2D eigenvalue weighted by atomic mass is 35.5. The van der Waals surface area contributed by atoms with Gasteiger partial charge in [-0.2, -0.15) is 0 Å². The molecule has 1 heterocycles. The molecule has 32 heavy (non-hydrogen) atoms. The molecule has 0 aliphatic rings. The highest BCUT2D eigenvalue weighted by molar-refractivity contribution is 8.04. The number of ether oxygens (including phenoxy) is 4. The molecule has 0 bridgehead atoms. The van der Waals surface area contributed by atoms with Crippen LogP contribution >= 0.6 is 23.4 Å². The number of carbonyl (C=O) groups is 1. The zero-order valence-corrected chi connectivity index (χ0v) is 19.2. The van der Waals surface area contributed by atoms with Crippen LogP contribution in [-0.4, -0.2) is 54.7 Å². The Kier molecular flexibility index (Phi) is 7.49. The average molecular weight is 478 g/mol. The van der Waals surface area contributed by atoms with Crippen LogP contribution in [0.5, 0.6) is 23.0 Å². The highest BCUT2D eigenvalue weighted by Gasteiger charge is 2.18. The van der Waals surface area contributed by atoms with Crippen molar-refractivity contribution in [1.82, 2.24) is 15.2 Å². The molecule has 0 spiro atoms. The molecule has 0 amide bonds. The van der Waals surface area contributed by atoms with Gasteiger partial charge < -0.3 is 24.1 Å². The van der Waals surface area contributed by atoms with Crippen LogP contribution in [0.2, 0.25) is 5.02 Å². The molecule has 1 aromatic heterocycles. The second kappa shape index (κ2) is 10.3. The van der Waals surface area contributed by atoms with Crippen LogP contribution in [0.4, 0.5) is 0 Å². The van der Waals surface area contributed by atoms with Crippen LogP contribution in [0.3, 0.4) is 0 Å². The fourth-order valence-corrected chi connectivity index (χ4v) is 3.73. The third-order valence-corrected chi connectivity index (χ3v) is 5.39. The van der Waals surface area contributed by atoms with E-state index in [-0.39, 0.29) is 10.1 Å². The van der Waals surface area contributed by atoms with Gasteiger partial charge in [0.2, 0.25) is 10.9 Å². The van der Waals surface area contributed by atoms with Crippen molar-refractivity contribution in [1.29, 1.82) is 0 Å². The van der Waals surface area contributed by atoms with Crippen molar-refractivity contribution < 1.29 is 28.8 Å². The maximum Gasteiger partial charge on any atom is 0.342 e. The average Bonchev–Trinajstić information content (AvgIpc) is 3.26. The maximum atomic E-state index is 11.9. The number of rotatable bonds is 9. The third-order valence-electron chi connectivity index (χ3n) is 4.28. The fourth-order valence-electron chi connectivity index (χ4n) is 2.85. The van der Waals surface area contributed by atoms with Gasteiger partial charge in [-0.1, -0.05) is 11.6 Å². The van der Waals surface area contributed by atoms with Crippen molar-refractivity contribution in [3.8, 4) is 34.4 Å². The van der Waals surface area contributed by atoms with E-state index in [0.29, 0.717) is 45.0 Å². The van der Waals surface area contributed by atoms with Crippen LogP contribution in [0.25, 0.3) is 17.5 Å². The number of aliphatic carboxylic acids is 1. The number of hydrogen-bond acceptors (Lipinski definition) is 8. The number of carboxylic acids is 1. The Balaban J connectivity index is 1.95. The van der Waals surface area contributed by atoms with Crippen LogP contribution in [0, 0.1) is 0 Å². The minimum Gasteiger partial charge on any atom is -0.496 e. The first-order valence-corrected chi connectivity index (χ1v) is 10.3. The summed E-state index contributed by atoms with van der Waals surface area (Å²) < 4.78 is 21.3. The number of aromatic amines is 1. The Hall–Kier alpha value is -3.37. The Morgan fingerprint density at radius 1 is 1.03 bits per heavy atom. The molecule has 9 nitrogen and oxygen atoms in total. The van der Waals surface area contributed by atoms with Crippen LogP contribution in [0.15, 0.2) is 40.4 Å². The number of nitrogens with one attached hydrogen (secondary N) is 1. The third kappa shape index (κ3) is 5.09. The Labute approximate surface area is 193 Å². The van der Waals surface area contributed by atoms with Gasteiger partial charge in [-0.25, -0.2) is 9.78 Å². The van der Waals surface area contributed by atoms with Gasteiger partial charge in [-0.15, -0.1) is 5.10 Å². The molecule has 0 radical (unpaired) electrons. The van der Waals surface area contributed by atoms with Gasteiger partial charge in [0.05, 0.1) is 34.0 Å². The van der Waals surface area contributed by atoms with Gasteiger partial charge >= 0.3 is 5.97 Å². The Morgan fingerprint density at radius 2 is 1.69 bits per heavy atom. The molecule has 2 N–H and O–H groups in total. The van der Waals surface area contributed by atoms with Crippen molar-refractivity contribution in [3.63, 3.8) is 0 Å². The predicted molar refractivity (Wildman–Crippen MR) is 121 cm³/mol. The number of thioether (sulfide) groups is 1. The topological polar surface area (TPSA) is 116 Å². The number of carboxylic acid groups (broad SMARTS) is 1. The number of halogens is 1. The predicted octanol–water partition coefficient (Wildman–Crippen LogP) is 4.38. The second-order valence-corrected chi connectivity index (χ2v) is 7.63. The largest absolute Gasteiger partial charge is 0.496 e. The summed E-state index contributed by atoms with van der Waals surface area (Å²) in [5.41, 5.74) is 1.14. The first-order chi connectivity index (χ1) is 15.4. The van der Waals surface area contributed by atoms with Crippen molar-refractivity contribution in [2.75, 3.05) is 28.4 Å². The zero-order valence-electron chi connectivity index (χ0n) is 17.6. The van der Waals surface area contributed by atoms with Gasteiger partial charge in [-0.05, 0) is 53.7 Å². The molecule has 2 aromatic carbocycles. The molecule has 0 saturated heterocycles. The van der Waals surface area contributed by atoms with Crippen LogP contribution < -0.4 is 18.9 Å². The van der Waals surface area contributed by atoms with Crippen molar-refractivity contribution in [3.05, 3.63) is 45.8 Å².